The number of ether oxygens (including phenoxy) is 3. The van der Waals surface area contributed by atoms with Crippen LogP contribution in [-0.2, 0) is 9.47 Å². The first-order valence-electron chi connectivity index (χ1n) is 10.5. The van der Waals surface area contributed by atoms with E-state index in [9.17, 15) is 4.79 Å². The molecule has 0 radical (unpaired) electrons. The van der Waals surface area contributed by atoms with Crippen LogP contribution >= 0.6 is 0 Å². The second-order valence-electron chi connectivity index (χ2n) is 8.07. The van der Waals surface area contributed by atoms with Crippen molar-refractivity contribution in [2.45, 2.75) is 45.8 Å². The lowest BCUT2D eigenvalue weighted by molar-refractivity contribution is -0.101. The Morgan fingerprint density at radius 1 is 1.27 bits per heavy atom. The molecule has 1 saturated heterocycles. The summed E-state index contributed by atoms with van der Waals surface area (Å²) in [6, 6.07) is 5.27. The van der Waals surface area contributed by atoms with Crippen LogP contribution in [0.25, 0.3) is 0 Å². The van der Waals surface area contributed by atoms with E-state index in [0.29, 0.717) is 38.1 Å². The maximum atomic E-state index is 12.9. The van der Waals surface area contributed by atoms with Gasteiger partial charge in [0.1, 0.15) is 18.5 Å². The lowest BCUT2D eigenvalue weighted by Crippen LogP contribution is -2.33. The number of aromatic nitrogens is 2. The zero-order valence-corrected chi connectivity index (χ0v) is 17.8. The largest absolute Gasteiger partial charge is 0.491 e. The molecule has 0 N–H and O–H groups in total. The second-order valence-corrected chi connectivity index (χ2v) is 8.07. The molecule has 6 nitrogen and oxygen atoms in total. The molecule has 1 aliphatic carbocycles. The van der Waals surface area contributed by atoms with Gasteiger partial charge < -0.3 is 18.8 Å². The van der Waals surface area contributed by atoms with E-state index in [0.717, 1.165) is 22.5 Å². The van der Waals surface area contributed by atoms with Crippen LogP contribution in [-0.4, -0.2) is 42.1 Å². The average molecular weight is 408 g/mol. The zero-order chi connectivity index (χ0) is 21.1. The monoisotopic (exact) mass is 408 g/mol. The first-order chi connectivity index (χ1) is 14.5. The van der Waals surface area contributed by atoms with E-state index in [2.05, 4.69) is 22.9 Å². The van der Waals surface area contributed by atoms with Crippen molar-refractivity contribution >= 4 is 0 Å². The van der Waals surface area contributed by atoms with Crippen LogP contribution in [0, 0.1) is 31.6 Å². The van der Waals surface area contributed by atoms with Gasteiger partial charge in [0.25, 0.3) is 5.56 Å². The molecule has 2 atom stereocenters. The fourth-order valence-corrected chi connectivity index (χ4v) is 3.71. The molecule has 1 aliphatic heterocycles. The van der Waals surface area contributed by atoms with Crippen LogP contribution in [0.5, 0.6) is 5.75 Å². The molecule has 3 heterocycles. The lowest BCUT2D eigenvalue weighted by atomic mass is 10.1. The highest BCUT2D eigenvalue weighted by molar-refractivity contribution is 5.38. The summed E-state index contributed by atoms with van der Waals surface area (Å²) in [5.41, 5.74) is 3.54. The Morgan fingerprint density at radius 3 is 2.77 bits per heavy atom. The fraction of sp³-hybridized carbons (Fsp3) is 0.500. The predicted molar refractivity (Wildman–Crippen MR) is 114 cm³/mol. The van der Waals surface area contributed by atoms with E-state index >= 15 is 0 Å². The fourth-order valence-electron chi connectivity index (χ4n) is 3.71. The summed E-state index contributed by atoms with van der Waals surface area (Å²) in [5, 5.41) is 0. The zero-order valence-electron chi connectivity index (χ0n) is 17.8. The molecule has 6 heteroatoms. The molecule has 30 heavy (non-hydrogen) atoms. The van der Waals surface area contributed by atoms with Crippen molar-refractivity contribution in [3.05, 3.63) is 57.3 Å². The highest BCUT2D eigenvalue weighted by Crippen LogP contribution is 2.28. The summed E-state index contributed by atoms with van der Waals surface area (Å²) < 4.78 is 18.5. The van der Waals surface area contributed by atoms with E-state index in [1.54, 1.807) is 10.8 Å². The van der Waals surface area contributed by atoms with Gasteiger partial charge in [0, 0.05) is 29.4 Å². The second kappa shape index (κ2) is 9.03. The van der Waals surface area contributed by atoms with Crippen LogP contribution in [0.2, 0.25) is 0 Å². The molecule has 1 saturated carbocycles. The topological polar surface area (TPSA) is 62.6 Å². The Kier molecular flexibility index (Phi) is 6.21. The van der Waals surface area contributed by atoms with Crippen LogP contribution in [0.4, 0.5) is 0 Å². The first-order valence-corrected chi connectivity index (χ1v) is 10.5. The van der Waals surface area contributed by atoms with Gasteiger partial charge >= 0.3 is 0 Å². The smallest absolute Gasteiger partial charge is 0.255 e. The van der Waals surface area contributed by atoms with Gasteiger partial charge in [-0.3, -0.25) is 9.78 Å². The highest BCUT2D eigenvalue weighted by Gasteiger charge is 2.19. The van der Waals surface area contributed by atoms with Crippen LogP contribution in [0.15, 0.2) is 29.2 Å². The van der Waals surface area contributed by atoms with Crippen LogP contribution < -0.4 is 10.3 Å². The molecule has 0 aromatic carbocycles. The van der Waals surface area contributed by atoms with E-state index in [1.165, 1.54) is 18.9 Å². The molecule has 0 spiro atoms. The Morgan fingerprint density at radius 2 is 2.10 bits per heavy atom. The number of hydrogen-bond acceptors (Lipinski definition) is 5. The molecule has 4 rings (SSSR count). The third-order valence-electron chi connectivity index (χ3n) is 5.45. The summed E-state index contributed by atoms with van der Waals surface area (Å²) in [7, 11) is 0. The molecular weight excluding hydrogens is 380 g/mol. The lowest BCUT2D eigenvalue weighted by Gasteiger charge is -2.23. The van der Waals surface area contributed by atoms with Crippen molar-refractivity contribution < 1.29 is 14.2 Å². The van der Waals surface area contributed by atoms with Crippen LogP contribution in [0.3, 0.4) is 0 Å². The molecule has 0 bridgehead atoms. The third kappa shape index (κ3) is 4.92. The molecular formula is C24H28N2O4. The van der Waals surface area contributed by atoms with Crippen molar-refractivity contribution in [1.29, 1.82) is 0 Å². The van der Waals surface area contributed by atoms with E-state index in [-0.39, 0.29) is 17.7 Å². The minimum absolute atomic E-state index is 0.103. The minimum Gasteiger partial charge on any atom is -0.491 e. The summed E-state index contributed by atoms with van der Waals surface area (Å²) in [5.74, 6) is 7.58. The van der Waals surface area contributed by atoms with Crippen molar-refractivity contribution in [2.24, 2.45) is 5.92 Å². The molecule has 2 fully saturated rings. The number of nitrogens with zero attached hydrogens (tertiary/aromatic N) is 2. The molecule has 2 aromatic heterocycles. The first kappa shape index (κ1) is 20.6. The number of hydrogen-bond donors (Lipinski definition) is 0. The summed E-state index contributed by atoms with van der Waals surface area (Å²) in [6.45, 7) is 7.99. The van der Waals surface area contributed by atoms with E-state index in [1.807, 2.05) is 26.8 Å². The van der Waals surface area contributed by atoms with Crippen molar-refractivity contribution in [3.63, 3.8) is 0 Å². The summed E-state index contributed by atoms with van der Waals surface area (Å²) in [4.78, 5) is 17.5. The number of pyridine rings is 2. The van der Waals surface area contributed by atoms with Gasteiger partial charge in [-0.15, -0.1) is 0 Å². The Bertz CT molecular complexity index is 1020. The van der Waals surface area contributed by atoms with E-state index in [4.69, 9.17) is 14.2 Å². The molecule has 2 aliphatic rings. The van der Waals surface area contributed by atoms with Crippen molar-refractivity contribution in [3.8, 4) is 17.6 Å². The summed E-state index contributed by atoms with van der Waals surface area (Å²) in [6.07, 6.45) is 4.11. The van der Waals surface area contributed by atoms with Crippen molar-refractivity contribution in [2.75, 3.05) is 26.4 Å². The number of aryl methyl sites for hydroxylation is 2. The average Bonchev–Trinajstić information content (AvgIpc) is 3.55. The molecule has 1 unspecified atom stereocenters. The quantitative estimate of drug-likeness (QED) is 0.712. The SMILES string of the molecule is Cc1cc(C#CC2CC2)cnc1C(C)n1c(C)cc(OC[C@@H]2COCCO2)cc1=O. The predicted octanol–water partition coefficient (Wildman–Crippen LogP) is 3.03. The van der Waals surface area contributed by atoms with Gasteiger partial charge in [-0.2, -0.15) is 0 Å². The van der Waals surface area contributed by atoms with E-state index < -0.39 is 0 Å². The standard InChI is InChI=1S/C24H28N2O4/c1-16-10-20(7-6-19-4-5-19)13-25-24(16)18(3)26-17(2)11-21(12-23(26)27)30-15-22-14-28-8-9-29-22/h10-13,18-19,22H,4-5,8-9,14-15H2,1-3H3/t18?,22-/m0/s1. The Balaban J connectivity index is 1.50. The molecule has 158 valence electrons. The van der Waals surface area contributed by atoms with Crippen molar-refractivity contribution in [1.82, 2.24) is 9.55 Å². The molecule has 0 amide bonds. The molecule has 2 aromatic rings. The minimum atomic E-state index is -0.188. The highest BCUT2D eigenvalue weighted by atomic mass is 16.6. The van der Waals surface area contributed by atoms with Crippen LogP contribution in [0.1, 0.15) is 48.3 Å². The van der Waals surface area contributed by atoms with Gasteiger partial charge in [0.2, 0.25) is 0 Å². The van der Waals surface area contributed by atoms with Gasteiger partial charge in [0.15, 0.2) is 0 Å². The van der Waals surface area contributed by atoms with Gasteiger partial charge in [0.05, 0.1) is 31.6 Å². The van der Waals surface area contributed by atoms with Gasteiger partial charge in [-0.25, -0.2) is 0 Å². The third-order valence-corrected chi connectivity index (χ3v) is 5.45. The van der Waals surface area contributed by atoms with Gasteiger partial charge in [-0.1, -0.05) is 11.8 Å². The Hall–Kier alpha value is -2.62. The maximum absolute atomic E-state index is 12.9. The maximum Gasteiger partial charge on any atom is 0.255 e. The number of rotatable bonds is 5. The normalized spacial score (nSPS) is 19.6. The Labute approximate surface area is 177 Å². The summed E-state index contributed by atoms with van der Waals surface area (Å²) >= 11 is 0. The van der Waals surface area contributed by atoms with Gasteiger partial charge in [-0.05, 0) is 51.3 Å².